The third-order valence-electron chi connectivity index (χ3n) is 5.10. The Hall–Kier alpha value is -1.64. The molecule has 144 valence electrons. The van der Waals surface area contributed by atoms with Crippen molar-refractivity contribution >= 4 is 15.9 Å². The number of carbonyl (C=O) groups is 1. The highest BCUT2D eigenvalue weighted by molar-refractivity contribution is 7.89. The minimum Gasteiger partial charge on any atom is -0.487 e. The molecule has 0 radical (unpaired) electrons. The number of fused-ring (bicyclic) bond motifs is 2. The van der Waals surface area contributed by atoms with Crippen molar-refractivity contribution in [2.24, 2.45) is 0 Å². The van der Waals surface area contributed by atoms with Gasteiger partial charge in [0.25, 0.3) is 0 Å². The first kappa shape index (κ1) is 19.1. The first-order chi connectivity index (χ1) is 12.3. The molecule has 0 saturated carbocycles. The van der Waals surface area contributed by atoms with Crippen molar-refractivity contribution in [3.8, 4) is 5.75 Å². The van der Waals surface area contributed by atoms with E-state index >= 15 is 0 Å². The Balaban J connectivity index is 2.01. The van der Waals surface area contributed by atoms with Crippen LogP contribution in [-0.4, -0.2) is 80.9 Å². The summed E-state index contributed by atoms with van der Waals surface area (Å²) >= 11 is 0. The molecule has 1 fully saturated rings. The topological polar surface area (TPSA) is 70.2 Å². The number of ether oxygens (including phenoxy) is 1. The summed E-state index contributed by atoms with van der Waals surface area (Å²) in [5.74, 6) is 0.427. The number of likely N-dealkylation sites (N-methyl/N-ethyl adjacent to an activating group) is 1. The average molecular weight is 381 g/mol. The molecule has 1 amide bonds. The van der Waals surface area contributed by atoms with Gasteiger partial charge < -0.3 is 14.5 Å². The van der Waals surface area contributed by atoms with Gasteiger partial charge in [0.1, 0.15) is 16.7 Å². The van der Waals surface area contributed by atoms with Crippen LogP contribution in [0.4, 0.5) is 0 Å². The third-order valence-corrected chi connectivity index (χ3v) is 7.07. The number of hydrogen-bond donors (Lipinski definition) is 0. The number of rotatable bonds is 3. The van der Waals surface area contributed by atoms with Gasteiger partial charge in [0.2, 0.25) is 15.9 Å². The van der Waals surface area contributed by atoms with Gasteiger partial charge in [-0.25, -0.2) is 8.42 Å². The zero-order valence-electron chi connectivity index (χ0n) is 15.6. The zero-order valence-corrected chi connectivity index (χ0v) is 16.4. The molecule has 3 rings (SSSR count). The summed E-state index contributed by atoms with van der Waals surface area (Å²) in [4.78, 5) is 15.8. The van der Waals surface area contributed by atoms with Crippen molar-refractivity contribution < 1.29 is 17.9 Å². The predicted molar refractivity (Wildman–Crippen MR) is 98.6 cm³/mol. The van der Waals surface area contributed by atoms with Crippen LogP contribution in [-0.2, 0) is 14.8 Å². The maximum Gasteiger partial charge on any atom is 0.247 e. The number of para-hydroxylation sites is 1. The van der Waals surface area contributed by atoms with E-state index < -0.39 is 10.0 Å². The van der Waals surface area contributed by atoms with Crippen LogP contribution in [0.2, 0.25) is 0 Å². The molecule has 0 unspecified atom stereocenters. The van der Waals surface area contributed by atoms with Crippen LogP contribution in [0.25, 0.3) is 0 Å². The number of likely N-dealkylation sites (tertiary alicyclic amines) is 1. The van der Waals surface area contributed by atoms with Gasteiger partial charge in [-0.2, -0.15) is 4.31 Å². The first-order valence-electron chi connectivity index (χ1n) is 8.98. The summed E-state index contributed by atoms with van der Waals surface area (Å²) in [6, 6.07) is 6.56. The Labute approximate surface area is 155 Å². The van der Waals surface area contributed by atoms with Gasteiger partial charge in [-0.05, 0) is 32.6 Å². The molecule has 2 aliphatic rings. The number of benzene rings is 1. The summed E-state index contributed by atoms with van der Waals surface area (Å²) in [6.07, 6.45) is 0.928. The molecule has 8 heteroatoms. The Morgan fingerprint density at radius 3 is 2.62 bits per heavy atom. The molecule has 1 aromatic carbocycles. The summed E-state index contributed by atoms with van der Waals surface area (Å²) in [7, 11) is 0.194. The van der Waals surface area contributed by atoms with Crippen molar-refractivity contribution in [3.63, 3.8) is 0 Å². The van der Waals surface area contributed by atoms with Crippen LogP contribution in [0, 0.1) is 0 Å². The van der Waals surface area contributed by atoms with Crippen LogP contribution in [0.15, 0.2) is 29.2 Å². The van der Waals surface area contributed by atoms with Crippen molar-refractivity contribution in [1.82, 2.24) is 14.1 Å². The summed E-state index contributed by atoms with van der Waals surface area (Å²) < 4.78 is 34.5. The summed E-state index contributed by atoms with van der Waals surface area (Å²) in [5, 5.41) is 0. The van der Waals surface area contributed by atoms with Gasteiger partial charge in [0, 0.05) is 39.5 Å². The molecule has 0 aliphatic carbocycles. The first-order valence-corrected chi connectivity index (χ1v) is 10.4. The zero-order chi connectivity index (χ0) is 18.9. The van der Waals surface area contributed by atoms with E-state index in [1.807, 2.05) is 19.0 Å². The van der Waals surface area contributed by atoms with Crippen LogP contribution < -0.4 is 4.74 Å². The van der Waals surface area contributed by atoms with E-state index in [1.54, 1.807) is 40.4 Å². The quantitative estimate of drug-likeness (QED) is 0.782. The van der Waals surface area contributed by atoms with Crippen LogP contribution in [0.1, 0.15) is 19.8 Å². The van der Waals surface area contributed by atoms with Crippen LogP contribution >= 0.6 is 0 Å². The lowest BCUT2D eigenvalue weighted by Gasteiger charge is -2.32. The SMILES string of the molecule is CC(=O)N1CC[C@@H]2Oc3ccccc3S(=O)(=O)N(CCN(C)C)[C@H]2CC1. The lowest BCUT2D eigenvalue weighted by molar-refractivity contribution is -0.128. The van der Waals surface area contributed by atoms with Gasteiger partial charge >= 0.3 is 0 Å². The van der Waals surface area contributed by atoms with Crippen molar-refractivity contribution in [2.75, 3.05) is 40.3 Å². The van der Waals surface area contributed by atoms with Gasteiger partial charge in [-0.3, -0.25) is 4.79 Å². The average Bonchev–Trinajstić information content (AvgIpc) is 2.82. The number of amides is 1. The molecular formula is C18H27N3O4S. The van der Waals surface area contributed by atoms with E-state index in [0.717, 1.165) is 0 Å². The smallest absolute Gasteiger partial charge is 0.247 e. The van der Waals surface area contributed by atoms with Gasteiger partial charge in [0.05, 0.1) is 6.04 Å². The van der Waals surface area contributed by atoms with Crippen LogP contribution in [0.3, 0.4) is 0 Å². The molecule has 2 atom stereocenters. The molecule has 1 aromatic rings. The molecule has 0 bridgehead atoms. The molecule has 0 N–H and O–H groups in total. The molecule has 0 spiro atoms. The lowest BCUT2D eigenvalue weighted by atomic mass is 10.1. The number of carbonyl (C=O) groups excluding carboxylic acids is 1. The van der Waals surface area contributed by atoms with Crippen molar-refractivity contribution in [2.45, 2.75) is 36.8 Å². The number of sulfonamides is 1. The summed E-state index contributed by atoms with van der Waals surface area (Å²) in [5.41, 5.74) is 0. The van der Waals surface area contributed by atoms with E-state index in [2.05, 4.69) is 0 Å². The van der Waals surface area contributed by atoms with E-state index in [4.69, 9.17) is 4.74 Å². The van der Waals surface area contributed by atoms with Gasteiger partial charge in [-0.1, -0.05) is 12.1 Å². The summed E-state index contributed by atoms with van der Waals surface area (Å²) in [6.45, 7) is 3.71. The molecule has 2 heterocycles. The minimum atomic E-state index is -3.66. The molecular weight excluding hydrogens is 354 g/mol. The second-order valence-corrected chi connectivity index (χ2v) is 9.03. The number of hydrogen-bond acceptors (Lipinski definition) is 5. The molecule has 1 saturated heterocycles. The second-order valence-electron chi connectivity index (χ2n) is 7.17. The molecule has 26 heavy (non-hydrogen) atoms. The van der Waals surface area contributed by atoms with Gasteiger partial charge in [0.15, 0.2) is 0 Å². The monoisotopic (exact) mass is 381 g/mol. The highest BCUT2D eigenvalue weighted by Crippen LogP contribution is 2.36. The fraction of sp³-hybridized carbons (Fsp3) is 0.611. The standard InChI is InChI=1S/C18H27N3O4S/c1-14(22)20-10-8-15-16(9-11-20)25-17-6-4-5-7-18(17)26(23,24)21(15)13-12-19(2)3/h4-7,15-16H,8-13H2,1-3H3/t15-,16-/m0/s1. The van der Waals surface area contributed by atoms with E-state index in [0.29, 0.717) is 44.8 Å². The predicted octanol–water partition coefficient (Wildman–Crippen LogP) is 1.01. The maximum absolute atomic E-state index is 13.4. The Morgan fingerprint density at radius 1 is 1.23 bits per heavy atom. The van der Waals surface area contributed by atoms with E-state index in [1.165, 1.54) is 0 Å². The third kappa shape index (κ3) is 3.72. The van der Waals surface area contributed by atoms with E-state index in [9.17, 15) is 13.2 Å². The van der Waals surface area contributed by atoms with E-state index in [-0.39, 0.29) is 22.9 Å². The fourth-order valence-corrected chi connectivity index (χ4v) is 5.45. The highest BCUT2D eigenvalue weighted by atomic mass is 32.2. The van der Waals surface area contributed by atoms with Crippen LogP contribution in [0.5, 0.6) is 5.75 Å². The Morgan fingerprint density at radius 2 is 1.92 bits per heavy atom. The highest BCUT2D eigenvalue weighted by Gasteiger charge is 2.43. The maximum atomic E-state index is 13.4. The Bertz CT molecular complexity index is 765. The van der Waals surface area contributed by atoms with Crippen molar-refractivity contribution in [1.29, 1.82) is 0 Å². The Kier molecular flexibility index (Phi) is 5.55. The molecule has 2 aliphatic heterocycles. The second kappa shape index (κ2) is 7.54. The minimum absolute atomic E-state index is 0.0181. The number of nitrogens with zero attached hydrogens (tertiary/aromatic N) is 3. The molecule has 0 aromatic heterocycles. The molecule has 7 nitrogen and oxygen atoms in total. The van der Waals surface area contributed by atoms with Crippen molar-refractivity contribution in [3.05, 3.63) is 24.3 Å². The normalized spacial score (nSPS) is 25.6. The largest absolute Gasteiger partial charge is 0.487 e. The lowest BCUT2D eigenvalue weighted by Crippen LogP contribution is -2.49. The van der Waals surface area contributed by atoms with Gasteiger partial charge in [-0.15, -0.1) is 0 Å². The fourth-order valence-electron chi connectivity index (χ4n) is 3.66.